The molecule has 1 aromatic heterocycles. The van der Waals surface area contributed by atoms with Gasteiger partial charge in [-0.2, -0.15) is 0 Å². The number of hydrogen-bond acceptors (Lipinski definition) is 9. The number of hydrogen-bond donors (Lipinski definition) is 1. The van der Waals surface area contributed by atoms with Gasteiger partial charge in [-0.25, -0.2) is 13.6 Å². The van der Waals surface area contributed by atoms with Crippen LogP contribution in [0.4, 0.5) is 8.78 Å². The number of carbonyl (C=O) groups is 3. The molecule has 5 rings (SSSR count). The van der Waals surface area contributed by atoms with Gasteiger partial charge in [0.1, 0.15) is 23.8 Å². The zero-order valence-electron chi connectivity index (χ0n) is 23.3. The minimum atomic E-state index is -0.934. The standard InChI is InChI=1S/C28H30F2N4O8/c1-15-9-28(42-32-15)7-6-16(2)33-12-21(28)34-11-19(26(37)31-10-17-4-5-18(29)8-20(17)30)24(36)25(23(34)27(33)38)41-14-40-22(35)13-39-3/h4-5,8,11,16,21H,6-7,9-10,12-14H2,1-3H3,(H,31,37)/t16-,21+,28-/m0/s1. The third-order valence-corrected chi connectivity index (χ3v) is 7.81. The number of methoxy groups -OCH3 is 1. The van der Waals surface area contributed by atoms with Gasteiger partial charge in [0, 0.05) is 50.5 Å². The van der Waals surface area contributed by atoms with E-state index < -0.39 is 64.6 Å². The van der Waals surface area contributed by atoms with Crippen molar-refractivity contribution in [3.05, 3.63) is 63.1 Å². The number of benzene rings is 1. The normalized spacial score (nSPS) is 22.6. The number of carbonyl (C=O) groups excluding carboxylic acids is 3. The molecule has 1 aromatic carbocycles. The van der Waals surface area contributed by atoms with Crippen molar-refractivity contribution in [2.24, 2.45) is 5.16 Å². The Morgan fingerprint density at radius 3 is 2.74 bits per heavy atom. The number of fused-ring (bicyclic) bond motifs is 5. The first kappa shape index (κ1) is 29.2. The third kappa shape index (κ3) is 5.33. The van der Waals surface area contributed by atoms with Gasteiger partial charge in [-0.3, -0.25) is 14.4 Å². The topological polar surface area (TPSA) is 138 Å². The molecule has 0 radical (unpaired) electrons. The van der Waals surface area contributed by atoms with Gasteiger partial charge in [0.05, 0.1) is 11.8 Å². The van der Waals surface area contributed by atoms with Crippen LogP contribution in [0.2, 0.25) is 0 Å². The number of pyridine rings is 1. The summed E-state index contributed by atoms with van der Waals surface area (Å²) < 4.78 is 44.3. The molecular weight excluding hydrogens is 558 g/mol. The molecule has 0 unspecified atom stereocenters. The van der Waals surface area contributed by atoms with E-state index >= 15 is 0 Å². The SMILES string of the molecule is COCC(=O)OCOc1c2n(cc(C(=O)NCc3ccc(F)cc3F)c1=O)[C@@H]1CN(C2=O)[C@@H](C)CC[C@]12CC(C)=NO2. The number of nitrogens with zero attached hydrogens (tertiary/aromatic N) is 3. The highest BCUT2D eigenvalue weighted by Crippen LogP contribution is 2.46. The minimum absolute atomic E-state index is 0.00107. The van der Waals surface area contributed by atoms with Crippen LogP contribution in [0.5, 0.6) is 5.75 Å². The Bertz CT molecular complexity index is 1530. The molecule has 3 aliphatic rings. The number of amides is 2. The second kappa shape index (κ2) is 11.5. The number of oxime groups is 1. The molecule has 12 nitrogen and oxygen atoms in total. The average Bonchev–Trinajstić information content (AvgIpc) is 3.28. The molecule has 3 aliphatic heterocycles. The predicted octanol–water partition coefficient (Wildman–Crippen LogP) is 2.30. The van der Waals surface area contributed by atoms with Gasteiger partial charge >= 0.3 is 5.97 Å². The van der Waals surface area contributed by atoms with Gasteiger partial charge in [0.2, 0.25) is 18.0 Å². The van der Waals surface area contributed by atoms with Crippen LogP contribution in [-0.2, 0) is 25.7 Å². The summed E-state index contributed by atoms with van der Waals surface area (Å²) in [4.78, 5) is 60.3. The van der Waals surface area contributed by atoms with E-state index in [1.165, 1.54) is 23.9 Å². The Balaban J connectivity index is 1.57. The molecule has 224 valence electrons. The van der Waals surface area contributed by atoms with Crippen molar-refractivity contribution < 1.29 is 42.2 Å². The molecule has 1 saturated heterocycles. The Morgan fingerprint density at radius 2 is 2.05 bits per heavy atom. The summed E-state index contributed by atoms with van der Waals surface area (Å²) in [5.74, 6) is -4.28. The van der Waals surface area contributed by atoms with Crippen LogP contribution < -0.4 is 15.5 Å². The molecule has 0 saturated carbocycles. The molecule has 0 aliphatic carbocycles. The van der Waals surface area contributed by atoms with Crippen LogP contribution >= 0.6 is 0 Å². The lowest BCUT2D eigenvalue weighted by atomic mass is 9.84. The first-order chi connectivity index (χ1) is 20.0. The zero-order valence-corrected chi connectivity index (χ0v) is 23.3. The number of halogens is 2. The Morgan fingerprint density at radius 1 is 1.26 bits per heavy atom. The minimum Gasteiger partial charge on any atom is -0.451 e. The van der Waals surface area contributed by atoms with E-state index in [-0.39, 0.29) is 37.0 Å². The molecule has 1 fully saturated rings. The molecule has 2 amide bonds. The molecule has 1 spiro atoms. The van der Waals surface area contributed by atoms with E-state index in [1.807, 2.05) is 13.8 Å². The monoisotopic (exact) mass is 588 g/mol. The smallest absolute Gasteiger partial charge is 0.334 e. The number of esters is 1. The summed E-state index contributed by atoms with van der Waals surface area (Å²) in [6, 6.07) is 2.15. The maximum absolute atomic E-state index is 14.2. The zero-order chi connectivity index (χ0) is 30.2. The van der Waals surface area contributed by atoms with Crippen LogP contribution in [0.1, 0.15) is 65.6 Å². The summed E-state index contributed by atoms with van der Waals surface area (Å²) in [5, 5.41) is 6.65. The molecule has 3 atom stereocenters. The molecule has 2 aromatic rings. The largest absolute Gasteiger partial charge is 0.451 e. The van der Waals surface area contributed by atoms with E-state index in [2.05, 4.69) is 10.5 Å². The fourth-order valence-corrected chi connectivity index (χ4v) is 5.66. The van der Waals surface area contributed by atoms with Crippen molar-refractivity contribution in [3.8, 4) is 5.75 Å². The van der Waals surface area contributed by atoms with Crippen molar-refractivity contribution in [1.82, 2.24) is 14.8 Å². The van der Waals surface area contributed by atoms with Crippen molar-refractivity contribution in [2.75, 3.05) is 27.1 Å². The molecule has 42 heavy (non-hydrogen) atoms. The lowest BCUT2D eigenvalue weighted by Gasteiger charge is -2.42. The van der Waals surface area contributed by atoms with Crippen molar-refractivity contribution in [2.45, 2.75) is 57.3 Å². The number of nitrogens with one attached hydrogen (secondary N) is 1. The van der Waals surface area contributed by atoms with Gasteiger partial charge in [-0.1, -0.05) is 11.2 Å². The molecule has 2 bridgehead atoms. The van der Waals surface area contributed by atoms with E-state index in [0.717, 1.165) is 11.8 Å². The summed E-state index contributed by atoms with van der Waals surface area (Å²) in [6.07, 6.45) is 2.89. The van der Waals surface area contributed by atoms with E-state index in [1.54, 1.807) is 4.90 Å². The number of ether oxygens (including phenoxy) is 3. The molecule has 4 heterocycles. The highest BCUT2D eigenvalue weighted by Gasteiger charge is 2.54. The highest BCUT2D eigenvalue weighted by molar-refractivity contribution is 5.99. The quantitative estimate of drug-likeness (QED) is 0.366. The lowest BCUT2D eigenvalue weighted by Crippen LogP contribution is -2.52. The van der Waals surface area contributed by atoms with Gasteiger partial charge < -0.3 is 33.8 Å². The van der Waals surface area contributed by atoms with Crippen molar-refractivity contribution in [3.63, 3.8) is 0 Å². The van der Waals surface area contributed by atoms with Crippen molar-refractivity contribution in [1.29, 1.82) is 0 Å². The lowest BCUT2D eigenvalue weighted by molar-refractivity contribution is -0.154. The van der Waals surface area contributed by atoms with Gasteiger partial charge in [-0.05, 0) is 32.8 Å². The maximum Gasteiger partial charge on any atom is 0.334 e. The average molecular weight is 589 g/mol. The Labute approximate surface area is 239 Å². The van der Waals surface area contributed by atoms with Crippen LogP contribution in [-0.4, -0.2) is 71.7 Å². The third-order valence-electron chi connectivity index (χ3n) is 7.81. The summed E-state index contributed by atoms with van der Waals surface area (Å²) in [6.45, 7) is 2.51. The summed E-state index contributed by atoms with van der Waals surface area (Å²) >= 11 is 0. The predicted molar refractivity (Wildman–Crippen MR) is 142 cm³/mol. The number of rotatable bonds is 8. The Hall–Kier alpha value is -4.33. The van der Waals surface area contributed by atoms with Crippen LogP contribution in [0.25, 0.3) is 0 Å². The second-order valence-corrected chi connectivity index (χ2v) is 10.6. The molecule has 1 N–H and O–H groups in total. The van der Waals surface area contributed by atoms with Crippen LogP contribution in [0.15, 0.2) is 34.3 Å². The first-order valence-corrected chi connectivity index (χ1v) is 13.4. The Kier molecular flexibility index (Phi) is 7.99. The summed E-state index contributed by atoms with van der Waals surface area (Å²) in [5.41, 5.74) is -1.55. The van der Waals surface area contributed by atoms with Crippen LogP contribution in [0, 0.1) is 11.6 Å². The van der Waals surface area contributed by atoms with Crippen molar-refractivity contribution >= 4 is 23.5 Å². The number of aromatic nitrogens is 1. The molecular formula is C28H30F2N4O8. The van der Waals surface area contributed by atoms with E-state index in [0.29, 0.717) is 25.3 Å². The van der Waals surface area contributed by atoms with E-state index in [4.69, 9.17) is 19.0 Å². The van der Waals surface area contributed by atoms with Gasteiger partial charge in [0.15, 0.2) is 11.3 Å². The van der Waals surface area contributed by atoms with Gasteiger partial charge in [-0.15, -0.1) is 0 Å². The fourth-order valence-electron chi connectivity index (χ4n) is 5.66. The second-order valence-electron chi connectivity index (χ2n) is 10.6. The summed E-state index contributed by atoms with van der Waals surface area (Å²) in [7, 11) is 1.30. The fraction of sp³-hybridized carbons (Fsp3) is 0.464. The molecule has 14 heteroatoms. The van der Waals surface area contributed by atoms with Crippen LogP contribution in [0.3, 0.4) is 0 Å². The first-order valence-electron chi connectivity index (χ1n) is 13.4. The highest BCUT2D eigenvalue weighted by atomic mass is 19.1. The maximum atomic E-state index is 14.2. The van der Waals surface area contributed by atoms with Gasteiger partial charge in [0.25, 0.3) is 11.8 Å². The van der Waals surface area contributed by atoms with E-state index in [9.17, 15) is 28.0 Å².